The molecule has 0 aromatic heterocycles. The van der Waals surface area contributed by atoms with Gasteiger partial charge in [-0.05, 0) is 84.6 Å². The van der Waals surface area contributed by atoms with Crippen LogP contribution in [0, 0.1) is 17.8 Å². The molecule has 2 saturated carbocycles. The molecule has 0 spiro atoms. The summed E-state index contributed by atoms with van der Waals surface area (Å²) in [7, 11) is 0. The molecule has 2 fully saturated rings. The number of benzene rings is 2. The molecule has 1 unspecified atom stereocenters. The van der Waals surface area contributed by atoms with Crippen LogP contribution in [0.25, 0.3) is 11.1 Å². The Morgan fingerprint density at radius 2 is 1.50 bits per heavy atom. The smallest absolute Gasteiger partial charge is 0.119 e. The van der Waals surface area contributed by atoms with Gasteiger partial charge in [0, 0.05) is 0 Å². The number of rotatable bonds is 6. The van der Waals surface area contributed by atoms with E-state index in [2.05, 4.69) is 49.9 Å². The third kappa shape index (κ3) is 4.35. The molecule has 0 N–H and O–H groups in total. The van der Waals surface area contributed by atoms with Crippen LogP contribution in [0.15, 0.2) is 61.2 Å². The summed E-state index contributed by atoms with van der Waals surface area (Å²) in [6.07, 6.45) is 11.8. The molecule has 0 heterocycles. The molecule has 4 rings (SSSR count). The summed E-state index contributed by atoms with van der Waals surface area (Å²) in [5.74, 6) is 4.66. The monoisotopic (exact) mass is 374 g/mol. The van der Waals surface area contributed by atoms with E-state index in [1.807, 2.05) is 12.1 Å². The molecule has 0 aliphatic heterocycles. The van der Waals surface area contributed by atoms with Gasteiger partial charge in [-0.1, -0.05) is 68.8 Å². The van der Waals surface area contributed by atoms with E-state index in [4.69, 9.17) is 4.74 Å². The van der Waals surface area contributed by atoms with E-state index < -0.39 is 0 Å². The molecule has 148 valence electrons. The normalized spacial score (nSPS) is 27.0. The fourth-order valence-corrected chi connectivity index (χ4v) is 5.51. The van der Waals surface area contributed by atoms with Crippen molar-refractivity contribution in [3.63, 3.8) is 0 Å². The minimum atomic E-state index is 0.552. The van der Waals surface area contributed by atoms with Gasteiger partial charge in [0.15, 0.2) is 0 Å². The second-order valence-electron chi connectivity index (χ2n) is 8.86. The lowest BCUT2D eigenvalue weighted by Gasteiger charge is -2.42. The maximum atomic E-state index is 5.58. The summed E-state index contributed by atoms with van der Waals surface area (Å²) in [5, 5.41) is 0. The van der Waals surface area contributed by atoms with Crippen molar-refractivity contribution < 1.29 is 4.74 Å². The largest absolute Gasteiger partial charge is 0.490 e. The number of hydrogen-bond donors (Lipinski definition) is 0. The molecule has 4 atom stereocenters. The van der Waals surface area contributed by atoms with Crippen molar-refractivity contribution in [2.75, 3.05) is 6.61 Å². The summed E-state index contributed by atoms with van der Waals surface area (Å²) >= 11 is 0. The van der Waals surface area contributed by atoms with Crippen LogP contribution in [0.2, 0.25) is 0 Å². The molecule has 0 saturated heterocycles. The number of hydrogen-bond acceptors (Lipinski definition) is 1. The Morgan fingerprint density at radius 3 is 2.18 bits per heavy atom. The quantitative estimate of drug-likeness (QED) is 0.472. The lowest BCUT2D eigenvalue weighted by atomic mass is 9.63. The van der Waals surface area contributed by atoms with Crippen LogP contribution in [0.4, 0.5) is 0 Å². The molecule has 2 aromatic rings. The lowest BCUT2D eigenvalue weighted by Crippen LogP contribution is -2.30. The van der Waals surface area contributed by atoms with Gasteiger partial charge in [-0.3, -0.25) is 0 Å². The molecule has 28 heavy (non-hydrogen) atoms. The first kappa shape index (κ1) is 19.3. The molecule has 0 bridgehead atoms. The lowest BCUT2D eigenvalue weighted by molar-refractivity contribution is 0.116. The van der Waals surface area contributed by atoms with Gasteiger partial charge in [0.1, 0.15) is 12.4 Å². The summed E-state index contributed by atoms with van der Waals surface area (Å²) in [6, 6.07) is 17.7. The predicted molar refractivity (Wildman–Crippen MR) is 119 cm³/mol. The van der Waals surface area contributed by atoms with Gasteiger partial charge in [0.05, 0.1) is 0 Å². The average molecular weight is 375 g/mol. The van der Waals surface area contributed by atoms with Crippen LogP contribution >= 0.6 is 0 Å². The van der Waals surface area contributed by atoms with Gasteiger partial charge in [-0.15, -0.1) is 0 Å². The number of fused-ring (bicyclic) bond motifs is 1. The third-order valence-electron chi connectivity index (χ3n) is 7.24. The van der Waals surface area contributed by atoms with E-state index in [1.165, 1.54) is 56.1 Å². The van der Waals surface area contributed by atoms with Gasteiger partial charge in [0.2, 0.25) is 0 Å². The highest BCUT2D eigenvalue weighted by Crippen LogP contribution is 2.48. The zero-order valence-electron chi connectivity index (χ0n) is 17.3. The van der Waals surface area contributed by atoms with Gasteiger partial charge in [0.25, 0.3) is 0 Å². The van der Waals surface area contributed by atoms with Crippen LogP contribution < -0.4 is 4.74 Å². The van der Waals surface area contributed by atoms with Crippen LogP contribution in [0.3, 0.4) is 0 Å². The maximum absolute atomic E-state index is 5.58. The Morgan fingerprint density at radius 1 is 0.857 bits per heavy atom. The van der Waals surface area contributed by atoms with E-state index in [-0.39, 0.29) is 0 Å². The molecule has 1 nitrogen and oxygen atoms in total. The molecule has 2 aliphatic carbocycles. The van der Waals surface area contributed by atoms with Crippen molar-refractivity contribution in [2.45, 2.75) is 57.8 Å². The Kier molecular flexibility index (Phi) is 6.20. The highest BCUT2D eigenvalue weighted by Gasteiger charge is 2.35. The molecule has 0 amide bonds. The standard InChI is InChI=1S/C27H34O/c1-3-17-28-27-15-13-22(14-16-27)21-7-9-23(10-8-21)25-12-11-24-18-20(4-2)5-6-26(24)19-25/h3,7-10,13-16,20,24-26H,1,4-6,11-12,17-19H2,2H3/t20?,24-,25-,26-/m1/s1. The zero-order chi connectivity index (χ0) is 19.3. The minimum Gasteiger partial charge on any atom is -0.490 e. The molecular weight excluding hydrogens is 340 g/mol. The van der Waals surface area contributed by atoms with Crippen molar-refractivity contribution in [1.29, 1.82) is 0 Å². The van der Waals surface area contributed by atoms with Gasteiger partial charge < -0.3 is 4.74 Å². The van der Waals surface area contributed by atoms with Crippen molar-refractivity contribution >= 4 is 0 Å². The second kappa shape index (κ2) is 8.99. The SMILES string of the molecule is C=CCOc1ccc(-c2ccc([C@@H]3CC[C@@H]4CC(CC)CC[C@@H]4C3)cc2)cc1. The second-order valence-corrected chi connectivity index (χ2v) is 8.86. The van der Waals surface area contributed by atoms with Crippen LogP contribution in [0.1, 0.15) is 63.4 Å². The molecule has 0 radical (unpaired) electrons. The molecular formula is C27H34O. The fourth-order valence-electron chi connectivity index (χ4n) is 5.51. The Balaban J connectivity index is 1.39. The summed E-state index contributed by atoms with van der Waals surface area (Å²) in [4.78, 5) is 0. The van der Waals surface area contributed by atoms with E-state index in [0.29, 0.717) is 6.61 Å². The van der Waals surface area contributed by atoms with E-state index in [1.54, 1.807) is 11.6 Å². The van der Waals surface area contributed by atoms with Crippen LogP contribution in [-0.4, -0.2) is 6.61 Å². The predicted octanol–water partition coefficient (Wildman–Crippen LogP) is 7.63. The fraction of sp³-hybridized carbons (Fsp3) is 0.481. The molecule has 1 heteroatoms. The van der Waals surface area contributed by atoms with Crippen LogP contribution in [0.5, 0.6) is 5.75 Å². The zero-order valence-corrected chi connectivity index (χ0v) is 17.3. The Bertz CT molecular complexity index is 758. The van der Waals surface area contributed by atoms with Crippen molar-refractivity contribution in [3.05, 3.63) is 66.7 Å². The van der Waals surface area contributed by atoms with Gasteiger partial charge in [-0.25, -0.2) is 0 Å². The molecule has 2 aromatic carbocycles. The first-order chi connectivity index (χ1) is 13.8. The third-order valence-corrected chi connectivity index (χ3v) is 7.24. The molecule has 2 aliphatic rings. The van der Waals surface area contributed by atoms with Crippen molar-refractivity contribution in [3.8, 4) is 16.9 Å². The first-order valence-corrected chi connectivity index (χ1v) is 11.2. The van der Waals surface area contributed by atoms with Crippen molar-refractivity contribution in [2.24, 2.45) is 17.8 Å². The Labute approximate surface area is 170 Å². The van der Waals surface area contributed by atoms with E-state index >= 15 is 0 Å². The van der Waals surface area contributed by atoms with Crippen LogP contribution in [-0.2, 0) is 0 Å². The Hall–Kier alpha value is -2.02. The summed E-state index contributed by atoms with van der Waals surface area (Å²) < 4.78 is 5.58. The van der Waals surface area contributed by atoms with E-state index in [0.717, 1.165) is 29.4 Å². The minimum absolute atomic E-state index is 0.552. The van der Waals surface area contributed by atoms with E-state index in [9.17, 15) is 0 Å². The first-order valence-electron chi connectivity index (χ1n) is 11.2. The van der Waals surface area contributed by atoms with Gasteiger partial charge in [-0.2, -0.15) is 0 Å². The maximum Gasteiger partial charge on any atom is 0.119 e. The number of ether oxygens (including phenoxy) is 1. The highest BCUT2D eigenvalue weighted by molar-refractivity contribution is 5.64. The highest BCUT2D eigenvalue weighted by atomic mass is 16.5. The summed E-state index contributed by atoms with van der Waals surface area (Å²) in [5.41, 5.74) is 4.08. The van der Waals surface area contributed by atoms with Gasteiger partial charge >= 0.3 is 0 Å². The average Bonchev–Trinajstić information content (AvgIpc) is 2.77. The van der Waals surface area contributed by atoms with Crippen molar-refractivity contribution in [1.82, 2.24) is 0 Å². The summed E-state index contributed by atoms with van der Waals surface area (Å²) in [6.45, 7) is 6.62. The topological polar surface area (TPSA) is 9.23 Å².